The van der Waals surface area contributed by atoms with Crippen molar-refractivity contribution in [3.8, 4) is 0 Å². The van der Waals surface area contributed by atoms with Crippen molar-refractivity contribution in [2.45, 2.75) is 75.9 Å². The van der Waals surface area contributed by atoms with Gasteiger partial charge >= 0.3 is 36.4 Å². The number of nitrogens with zero attached hydrogens (tertiary/aromatic N) is 1. The van der Waals surface area contributed by atoms with Crippen LogP contribution in [0.1, 0.15) is 66.7 Å². The van der Waals surface area contributed by atoms with Gasteiger partial charge < -0.3 is 48.7 Å². The Morgan fingerprint density at radius 2 is 1.08 bits per heavy atom. The van der Waals surface area contributed by atoms with Gasteiger partial charge in [0.05, 0.1) is 5.92 Å². The third-order valence-electron chi connectivity index (χ3n) is 8.19. The number of amides is 6. The number of alkyl halides is 6. The van der Waals surface area contributed by atoms with Crippen molar-refractivity contribution in [2.24, 2.45) is 22.2 Å². The van der Waals surface area contributed by atoms with Crippen LogP contribution >= 0.6 is 0 Å². The monoisotopic (exact) mass is 899 g/mol. The van der Waals surface area contributed by atoms with Crippen LogP contribution in [0.15, 0.2) is 89.9 Å². The number of unbranched alkanes of at least 4 members (excludes halogenated alkanes) is 3. The second-order valence-corrected chi connectivity index (χ2v) is 13.2. The quantitative estimate of drug-likeness (QED) is 0.0358. The molecule has 0 aliphatic carbocycles. The zero-order valence-electron chi connectivity index (χ0n) is 33.8. The highest BCUT2D eigenvalue weighted by Crippen LogP contribution is 2.25. The Kier molecular flexibility index (Phi) is 24.6. The second kappa shape index (κ2) is 28.6. The zero-order chi connectivity index (χ0) is 47.4. The molecular weight excluding hydrogens is 848 g/mol. The fourth-order valence-corrected chi connectivity index (χ4v) is 5.11. The van der Waals surface area contributed by atoms with Gasteiger partial charge in [-0.15, -0.1) is 0 Å². The number of carbonyl (C=O) groups excluding carboxylic acids is 4. The van der Waals surface area contributed by atoms with E-state index in [0.29, 0.717) is 26.1 Å². The number of hydrogen-bond donors (Lipinski definition) is 10. The van der Waals surface area contributed by atoms with Crippen LogP contribution in [0.5, 0.6) is 0 Å². The van der Waals surface area contributed by atoms with E-state index in [0.717, 1.165) is 47.9 Å². The van der Waals surface area contributed by atoms with E-state index >= 15 is 0 Å². The summed E-state index contributed by atoms with van der Waals surface area (Å²) < 4.78 is 63.5. The van der Waals surface area contributed by atoms with Crippen LogP contribution in [0.2, 0.25) is 0 Å². The first-order valence-corrected chi connectivity index (χ1v) is 19.1. The van der Waals surface area contributed by atoms with E-state index in [4.69, 9.17) is 37.0 Å². The van der Waals surface area contributed by atoms with Gasteiger partial charge in [-0.25, -0.2) is 19.2 Å². The molecule has 0 spiro atoms. The number of primary amides is 1. The smallest absolute Gasteiger partial charge is 0.475 e. The van der Waals surface area contributed by atoms with Gasteiger partial charge in [-0.1, -0.05) is 97.8 Å². The second-order valence-electron chi connectivity index (χ2n) is 13.2. The van der Waals surface area contributed by atoms with Gasteiger partial charge in [0.15, 0.2) is 5.96 Å². The Hall–Kier alpha value is -6.91. The molecule has 0 radical (unpaired) electrons. The van der Waals surface area contributed by atoms with E-state index in [2.05, 4.69) is 31.6 Å². The summed E-state index contributed by atoms with van der Waals surface area (Å²) in [6, 6.07) is 24.2. The molecule has 0 unspecified atom stereocenters. The maximum atomic E-state index is 13.9. The Bertz CT molecular complexity index is 1840. The third kappa shape index (κ3) is 24.2. The Balaban J connectivity index is 0.00000121. The Labute approximate surface area is 358 Å². The maximum Gasteiger partial charge on any atom is 0.490 e. The molecule has 63 heavy (non-hydrogen) atoms. The van der Waals surface area contributed by atoms with Gasteiger partial charge in [-0.2, -0.15) is 26.3 Å². The number of aliphatic imine (C=N–C) groups is 1. The zero-order valence-corrected chi connectivity index (χ0v) is 33.8. The van der Waals surface area contributed by atoms with Crippen molar-refractivity contribution in [3.05, 3.63) is 107 Å². The average molecular weight is 900 g/mol. The standard InChI is InChI=1S/C36H49N9O4.2C2HF3O2/c37-21-9-1-2-10-22-41-36(49)45-34(38)40-23-11-16-30(32(46)42-24-26-17-19-27(20-18-26)25-43-35(39)48)44-33(47)31(28-12-5-3-6-13-28)29-14-7-4-8-15-29;2*3-2(4,5)1(6)7/h3-8,12-15,17-20,30-31H,1-2,9-11,16,21-25,37H2,(H,42,46)(H,44,47)(H3,39,43,48)(H4,38,40,41,45,49);2*(H,6,7)/t30-;;/m1../s1. The van der Waals surface area contributed by atoms with Crippen LogP contribution < -0.4 is 43.8 Å². The van der Waals surface area contributed by atoms with E-state index in [-0.39, 0.29) is 37.3 Å². The predicted octanol–water partition coefficient (Wildman–Crippen LogP) is 3.97. The molecule has 6 amide bonds. The number of carboxylic acids is 2. The van der Waals surface area contributed by atoms with Crippen molar-refractivity contribution >= 4 is 41.8 Å². The molecule has 0 aliphatic rings. The van der Waals surface area contributed by atoms with Gasteiger partial charge in [-0.3, -0.25) is 19.9 Å². The summed E-state index contributed by atoms with van der Waals surface area (Å²) in [7, 11) is 0. The van der Waals surface area contributed by atoms with Crippen LogP contribution in [0.3, 0.4) is 0 Å². The van der Waals surface area contributed by atoms with Crippen molar-refractivity contribution in [1.29, 1.82) is 0 Å². The summed E-state index contributed by atoms with van der Waals surface area (Å²) in [6.45, 7) is 1.93. The molecule has 0 bridgehead atoms. The van der Waals surface area contributed by atoms with Gasteiger partial charge in [0.2, 0.25) is 11.8 Å². The minimum Gasteiger partial charge on any atom is -0.475 e. The SMILES string of the molecule is NCCCCCCNC(=O)NC(N)=NCCC[C@@H](NC(=O)C(c1ccccc1)c1ccccc1)C(=O)NCc1ccc(CNC(N)=O)cc1.O=C(O)C(F)(F)F.O=C(O)C(F)(F)F. The van der Waals surface area contributed by atoms with E-state index in [1.165, 1.54) is 0 Å². The topological polar surface area (TPSA) is 293 Å². The third-order valence-corrected chi connectivity index (χ3v) is 8.19. The molecule has 3 aromatic rings. The van der Waals surface area contributed by atoms with Crippen molar-refractivity contribution in [3.63, 3.8) is 0 Å². The van der Waals surface area contributed by atoms with Crippen LogP contribution in [0, 0.1) is 0 Å². The molecule has 13 N–H and O–H groups in total. The van der Waals surface area contributed by atoms with Gasteiger partial charge in [0.25, 0.3) is 0 Å². The Morgan fingerprint density at radius 3 is 1.52 bits per heavy atom. The summed E-state index contributed by atoms with van der Waals surface area (Å²) in [5, 5.41) is 28.0. The molecule has 1 atom stereocenters. The van der Waals surface area contributed by atoms with Gasteiger partial charge in [0, 0.05) is 26.2 Å². The number of aliphatic carboxylic acids is 2. The molecular formula is C40H51F6N9O8. The molecule has 3 rings (SSSR count). The molecule has 23 heteroatoms. The number of hydrogen-bond acceptors (Lipinski definition) is 8. The molecule has 346 valence electrons. The average Bonchev–Trinajstić information content (AvgIpc) is 3.22. The molecule has 0 aromatic heterocycles. The number of nitrogens with two attached hydrogens (primary N) is 3. The van der Waals surface area contributed by atoms with E-state index < -0.39 is 48.3 Å². The molecule has 0 saturated heterocycles. The first kappa shape index (κ1) is 54.1. The normalized spacial score (nSPS) is 11.7. The minimum atomic E-state index is -5.08. The number of nitrogens with one attached hydrogen (secondary N) is 5. The number of halogens is 6. The highest BCUT2D eigenvalue weighted by Gasteiger charge is 2.39. The summed E-state index contributed by atoms with van der Waals surface area (Å²) in [5.41, 5.74) is 19.9. The van der Waals surface area contributed by atoms with Crippen molar-refractivity contribution in [1.82, 2.24) is 26.6 Å². The highest BCUT2D eigenvalue weighted by atomic mass is 19.4. The molecule has 17 nitrogen and oxygen atoms in total. The summed E-state index contributed by atoms with van der Waals surface area (Å²) in [5.74, 6) is -6.84. The lowest BCUT2D eigenvalue weighted by atomic mass is 9.90. The largest absolute Gasteiger partial charge is 0.490 e. The molecule has 0 aliphatic heterocycles. The van der Waals surface area contributed by atoms with Crippen LogP contribution in [0.25, 0.3) is 0 Å². The first-order valence-electron chi connectivity index (χ1n) is 19.1. The van der Waals surface area contributed by atoms with Crippen LogP contribution in [-0.2, 0) is 32.3 Å². The fourth-order valence-electron chi connectivity index (χ4n) is 5.11. The minimum absolute atomic E-state index is 0.0339. The summed E-state index contributed by atoms with van der Waals surface area (Å²) >= 11 is 0. The lowest BCUT2D eigenvalue weighted by Crippen LogP contribution is -2.48. The number of benzene rings is 3. The number of rotatable bonds is 19. The van der Waals surface area contributed by atoms with Crippen LogP contribution in [-0.4, -0.2) is 90.0 Å². The number of urea groups is 2. The summed E-state index contributed by atoms with van der Waals surface area (Å²) in [6.07, 6.45) is -5.68. The maximum absolute atomic E-state index is 13.9. The predicted molar refractivity (Wildman–Crippen MR) is 219 cm³/mol. The molecule has 0 saturated carbocycles. The van der Waals surface area contributed by atoms with Gasteiger partial charge in [0.1, 0.15) is 6.04 Å². The Morgan fingerprint density at radius 1 is 0.619 bits per heavy atom. The van der Waals surface area contributed by atoms with Gasteiger partial charge in [-0.05, 0) is 54.5 Å². The van der Waals surface area contributed by atoms with Crippen molar-refractivity contribution in [2.75, 3.05) is 19.6 Å². The molecule has 3 aromatic carbocycles. The summed E-state index contributed by atoms with van der Waals surface area (Å²) in [4.78, 5) is 72.5. The molecule has 0 heterocycles. The number of carbonyl (C=O) groups is 6. The van der Waals surface area contributed by atoms with Crippen molar-refractivity contribution < 1.29 is 65.3 Å². The van der Waals surface area contributed by atoms with E-state index in [1.807, 2.05) is 84.9 Å². The number of guanidine groups is 1. The van der Waals surface area contributed by atoms with Crippen LogP contribution in [0.4, 0.5) is 35.9 Å². The fraction of sp³-hybridized carbons (Fsp3) is 0.375. The first-order chi connectivity index (χ1) is 29.6. The van der Waals surface area contributed by atoms with E-state index in [1.54, 1.807) is 0 Å². The highest BCUT2D eigenvalue weighted by molar-refractivity contribution is 5.95. The number of carboxylic acid groups (broad SMARTS) is 2. The molecule has 0 fully saturated rings. The lowest BCUT2D eigenvalue weighted by molar-refractivity contribution is -0.193. The lowest BCUT2D eigenvalue weighted by Gasteiger charge is -2.23. The van der Waals surface area contributed by atoms with E-state index in [9.17, 15) is 45.5 Å².